The maximum Gasteiger partial charge on any atom is 0.260 e. The highest BCUT2D eigenvalue weighted by Crippen LogP contribution is 2.33. The number of ether oxygens (including phenoxy) is 2. The normalized spacial score (nSPS) is 13.4. The molecule has 118 valence electrons. The molecule has 0 bridgehead atoms. The molecule has 5 nitrogen and oxygen atoms in total. The Bertz CT molecular complexity index is 463. The first-order chi connectivity index (χ1) is 10.0. The third kappa shape index (κ3) is 4.93. The van der Waals surface area contributed by atoms with Gasteiger partial charge in [-0.15, -0.1) is 0 Å². The lowest BCUT2D eigenvalue weighted by Gasteiger charge is -2.20. The highest BCUT2D eigenvalue weighted by molar-refractivity contribution is 5.80. The standard InChI is InChI=1S/C16H26N2O3/c1-5-13(17)10-12-8-7-9-14(20-6-2)15(12)21-11(3)16(19)18-4/h7-9,11,13H,5-6,10,17H2,1-4H3,(H,18,19). The van der Waals surface area contributed by atoms with E-state index < -0.39 is 6.10 Å². The van der Waals surface area contributed by atoms with Crippen LogP contribution in [0.3, 0.4) is 0 Å². The Morgan fingerprint density at radius 1 is 1.38 bits per heavy atom. The van der Waals surface area contributed by atoms with Gasteiger partial charge in [0, 0.05) is 13.1 Å². The van der Waals surface area contributed by atoms with Crippen molar-refractivity contribution in [2.45, 2.75) is 45.8 Å². The summed E-state index contributed by atoms with van der Waals surface area (Å²) in [6.45, 7) is 6.21. The second kappa shape index (κ2) is 8.52. The first-order valence-corrected chi connectivity index (χ1v) is 7.41. The number of amides is 1. The summed E-state index contributed by atoms with van der Waals surface area (Å²) in [5.41, 5.74) is 7.00. The zero-order chi connectivity index (χ0) is 15.8. The lowest BCUT2D eigenvalue weighted by molar-refractivity contribution is -0.126. The van der Waals surface area contributed by atoms with Gasteiger partial charge in [-0.2, -0.15) is 0 Å². The zero-order valence-corrected chi connectivity index (χ0v) is 13.3. The van der Waals surface area contributed by atoms with Crippen LogP contribution in [0, 0.1) is 0 Å². The van der Waals surface area contributed by atoms with Gasteiger partial charge >= 0.3 is 0 Å². The van der Waals surface area contributed by atoms with Crippen molar-refractivity contribution in [2.75, 3.05) is 13.7 Å². The fourth-order valence-corrected chi connectivity index (χ4v) is 1.99. The fraction of sp³-hybridized carbons (Fsp3) is 0.562. The molecule has 0 heterocycles. The number of nitrogens with one attached hydrogen (secondary N) is 1. The van der Waals surface area contributed by atoms with Gasteiger partial charge in [0.2, 0.25) is 0 Å². The highest BCUT2D eigenvalue weighted by Gasteiger charge is 2.19. The maximum atomic E-state index is 11.7. The predicted octanol–water partition coefficient (Wildman–Crippen LogP) is 1.88. The molecule has 1 rings (SSSR count). The lowest BCUT2D eigenvalue weighted by atomic mass is 10.0. The van der Waals surface area contributed by atoms with E-state index in [2.05, 4.69) is 5.32 Å². The first-order valence-electron chi connectivity index (χ1n) is 7.41. The molecule has 0 saturated carbocycles. The smallest absolute Gasteiger partial charge is 0.260 e. The monoisotopic (exact) mass is 294 g/mol. The zero-order valence-electron chi connectivity index (χ0n) is 13.3. The average Bonchev–Trinajstić information content (AvgIpc) is 2.49. The van der Waals surface area contributed by atoms with Crippen molar-refractivity contribution in [3.8, 4) is 11.5 Å². The maximum absolute atomic E-state index is 11.7. The summed E-state index contributed by atoms with van der Waals surface area (Å²) in [5, 5.41) is 2.58. The molecule has 2 unspecified atom stereocenters. The van der Waals surface area contributed by atoms with Crippen LogP contribution < -0.4 is 20.5 Å². The van der Waals surface area contributed by atoms with Gasteiger partial charge in [-0.3, -0.25) is 4.79 Å². The summed E-state index contributed by atoms with van der Waals surface area (Å²) in [5.74, 6) is 1.08. The minimum absolute atomic E-state index is 0.0551. The van der Waals surface area contributed by atoms with E-state index in [1.54, 1.807) is 14.0 Å². The van der Waals surface area contributed by atoms with Gasteiger partial charge in [0.25, 0.3) is 5.91 Å². The number of benzene rings is 1. The fourth-order valence-electron chi connectivity index (χ4n) is 1.99. The second-order valence-corrected chi connectivity index (χ2v) is 4.92. The molecule has 1 amide bonds. The van der Waals surface area contributed by atoms with Crippen LogP contribution >= 0.6 is 0 Å². The molecular weight excluding hydrogens is 268 g/mol. The Morgan fingerprint density at radius 2 is 2.10 bits per heavy atom. The number of carbonyl (C=O) groups is 1. The van der Waals surface area contributed by atoms with Crippen molar-refractivity contribution >= 4 is 5.91 Å². The Labute approximate surface area is 126 Å². The summed E-state index contributed by atoms with van der Waals surface area (Å²) >= 11 is 0. The van der Waals surface area contributed by atoms with Crippen molar-refractivity contribution in [1.29, 1.82) is 0 Å². The van der Waals surface area contributed by atoms with E-state index in [1.165, 1.54) is 0 Å². The molecule has 1 aromatic rings. The SMILES string of the molecule is CCOc1cccc(CC(N)CC)c1OC(C)C(=O)NC. The molecule has 0 aromatic heterocycles. The Hall–Kier alpha value is -1.75. The number of hydrogen-bond donors (Lipinski definition) is 2. The first kappa shape index (κ1) is 17.3. The van der Waals surface area contributed by atoms with E-state index in [4.69, 9.17) is 15.2 Å². The summed E-state index contributed by atoms with van der Waals surface area (Å²) in [6, 6.07) is 5.78. The van der Waals surface area contributed by atoms with E-state index in [9.17, 15) is 4.79 Å². The van der Waals surface area contributed by atoms with E-state index >= 15 is 0 Å². The topological polar surface area (TPSA) is 73.6 Å². The van der Waals surface area contributed by atoms with Crippen LogP contribution in [0.5, 0.6) is 11.5 Å². The van der Waals surface area contributed by atoms with E-state index in [0.717, 1.165) is 12.0 Å². The predicted molar refractivity (Wildman–Crippen MR) is 83.7 cm³/mol. The molecule has 0 aliphatic carbocycles. The molecule has 1 aromatic carbocycles. The highest BCUT2D eigenvalue weighted by atomic mass is 16.5. The average molecular weight is 294 g/mol. The van der Waals surface area contributed by atoms with Crippen molar-refractivity contribution in [3.05, 3.63) is 23.8 Å². The molecule has 0 aliphatic rings. The van der Waals surface area contributed by atoms with Crippen LogP contribution in [0.1, 0.15) is 32.8 Å². The Balaban J connectivity index is 3.07. The number of hydrogen-bond acceptors (Lipinski definition) is 4. The van der Waals surface area contributed by atoms with Gasteiger partial charge in [0.05, 0.1) is 6.61 Å². The summed E-state index contributed by atoms with van der Waals surface area (Å²) in [6.07, 6.45) is 0.976. The molecule has 0 radical (unpaired) electrons. The lowest BCUT2D eigenvalue weighted by Crippen LogP contribution is -2.34. The van der Waals surface area contributed by atoms with Gasteiger partial charge in [-0.1, -0.05) is 19.1 Å². The van der Waals surface area contributed by atoms with Gasteiger partial charge in [0.1, 0.15) is 0 Å². The third-order valence-electron chi connectivity index (χ3n) is 3.28. The number of carbonyl (C=O) groups excluding carboxylic acids is 1. The van der Waals surface area contributed by atoms with Crippen LogP contribution in [0.2, 0.25) is 0 Å². The summed E-state index contributed by atoms with van der Waals surface area (Å²) in [7, 11) is 1.59. The van der Waals surface area contributed by atoms with Crippen LogP contribution in [0.25, 0.3) is 0 Å². The van der Waals surface area contributed by atoms with Crippen LogP contribution in [0.15, 0.2) is 18.2 Å². The van der Waals surface area contributed by atoms with Gasteiger partial charge in [0.15, 0.2) is 17.6 Å². The minimum Gasteiger partial charge on any atom is -0.490 e. The van der Waals surface area contributed by atoms with Gasteiger partial charge in [-0.25, -0.2) is 0 Å². The summed E-state index contributed by atoms with van der Waals surface area (Å²) < 4.78 is 11.4. The quantitative estimate of drug-likeness (QED) is 0.768. The van der Waals surface area contributed by atoms with Crippen molar-refractivity contribution in [3.63, 3.8) is 0 Å². The molecule has 0 aliphatic heterocycles. The Kier molecular flexibility index (Phi) is 7.02. The van der Waals surface area contributed by atoms with Gasteiger partial charge in [-0.05, 0) is 38.3 Å². The van der Waals surface area contributed by atoms with E-state index in [0.29, 0.717) is 24.5 Å². The van der Waals surface area contributed by atoms with Crippen molar-refractivity contribution in [2.24, 2.45) is 5.73 Å². The molecule has 5 heteroatoms. The molecule has 0 fully saturated rings. The van der Waals surface area contributed by atoms with E-state index in [-0.39, 0.29) is 11.9 Å². The molecular formula is C16H26N2O3. The molecule has 0 spiro atoms. The molecule has 3 N–H and O–H groups in total. The van der Waals surface area contributed by atoms with Crippen LogP contribution in [-0.2, 0) is 11.2 Å². The van der Waals surface area contributed by atoms with Crippen molar-refractivity contribution in [1.82, 2.24) is 5.32 Å². The molecule has 21 heavy (non-hydrogen) atoms. The Morgan fingerprint density at radius 3 is 2.67 bits per heavy atom. The molecule has 0 saturated heterocycles. The van der Waals surface area contributed by atoms with Crippen molar-refractivity contribution < 1.29 is 14.3 Å². The number of para-hydroxylation sites is 1. The number of rotatable bonds is 8. The minimum atomic E-state index is -0.590. The van der Waals surface area contributed by atoms with E-state index in [1.807, 2.05) is 32.0 Å². The summed E-state index contributed by atoms with van der Waals surface area (Å²) in [4.78, 5) is 11.7. The number of likely N-dealkylation sites (N-methyl/N-ethyl adjacent to an activating group) is 1. The second-order valence-electron chi connectivity index (χ2n) is 4.92. The van der Waals surface area contributed by atoms with Gasteiger partial charge < -0.3 is 20.5 Å². The molecule has 2 atom stereocenters. The number of nitrogens with two attached hydrogens (primary N) is 1. The van der Waals surface area contributed by atoms with Crippen LogP contribution in [-0.4, -0.2) is 31.7 Å². The third-order valence-corrected chi connectivity index (χ3v) is 3.28. The largest absolute Gasteiger partial charge is 0.490 e. The van der Waals surface area contributed by atoms with Crippen LogP contribution in [0.4, 0.5) is 0 Å².